The molecule has 0 radical (unpaired) electrons. The molecule has 0 aromatic heterocycles. The predicted molar refractivity (Wildman–Crippen MR) is 68.4 cm³/mol. The lowest BCUT2D eigenvalue weighted by atomic mass is 10.1. The van der Waals surface area contributed by atoms with Crippen molar-refractivity contribution in [2.24, 2.45) is 0 Å². The third-order valence-electron chi connectivity index (χ3n) is 3.41. The van der Waals surface area contributed by atoms with E-state index in [2.05, 4.69) is 60.7 Å². The van der Waals surface area contributed by atoms with Gasteiger partial charge in [0.2, 0.25) is 0 Å². The Labute approximate surface area is 94.2 Å². The van der Waals surface area contributed by atoms with Crippen LogP contribution in [0.4, 0.5) is 0 Å². The maximum absolute atomic E-state index is 2.22. The van der Waals surface area contributed by atoms with E-state index in [9.17, 15) is 0 Å². The van der Waals surface area contributed by atoms with E-state index in [-0.39, 0.29) is 0 Å². The van der Waals surface area contributed by atoms with Crippen molar-refractivity contribution >= 4 is 10.8 Å². The number of rotatable bonds is 0. The van der Waals surface area contributed by atoms with Crippen molar-refractivity contribution in [3.8, 4) is 22.3 Å². The van der Waals surface area contributed by atoms with Crippen molar-refractivity contribution in [3.05, 3.63) is 60.7 Å². The van der Waals surface area contributed by atoms with Crippen LogP contribution in [0, 0.1) is 0 Å². The standard InChI is InChI=1S/C16H10/c1-2-8-13-12(7-1)14-9-3-5-11-6-4-10-15(13)16(11)14/h1-10H/i5+2. The van der Waals surface area contributed by atoms with Gasteiger partial charge in [-0.1, -0.05) is 60.7 Å². The molecular weight excluding hydrogens is 194 g/mol. The highest BCUT2D eigenvalue weighted by Crippen LogP contribution is 2.46. The molecule has 0 saturated carbocycles. The minimum absolute atomic E-state index is 1.34. The zero-order valence-corrected chi connectivity index (χ0v) is 8.77. The Balaban J connectivity index is 2.31. The van der Waals surface area contributed by atoms with Crippen LogP contribution in [0.15, 0.2) is 60.7 Å². The van der Waals surface area contributed by atoms with Crippen molar-refractivity contribution in [2.45, 2.75) is 0 Å². The molecule has 4 rings (SSSR count). The molecule has 74 valence electrons. The van der Waals surface area contributed by atoms with Gasteiger partial charge in [0.1, 0.15) is 0 Å². The summed E-state index contributed by atoms with van der Waals surface area (Å²) < 4.78 is 0. The van der Waals surface area contributed by atoms with Crippen molar-refractivity contribution in [2.75, 3.05) is 0 Å². The van der Waals surface area contributed by atoms with E-state index >= 15 is 0 Å². The van der Waals surface area contributed by atoms with Crippen molar-refractivity contribution < 1.29 is 0 Å². The lowest BCUT2D eigenvalue weighted by molar-refractivity contribution is 1.70. The zero-order chi connectivity index (χ0) is 10.5. The summed E-state index contributed by atoms with van der Waals surface area (Å²) in [4.78, 5) is 0. The Morgan fingerprint density at radius 3 is 2.12 bits per heavy atom. The first-order chi connectivity index (χ1) is 7.95. The second kappa shape index (κ2) is 2.73. The summed E-state index contributed by atoms with van der Waals surface area (Å²) in [5, 5.41) is 2.75. The second-order valence-electron chi connectivity index (χ2n) is 4.25. The van der Waals surface area contributed by atoms with Gasteiger partial charge in [-0.25, -0.2) is 0 Å². The maximum Gasteiger partial charge on any atom is -0.00264 e. The molecule has 16 heavy (non-hydrogen) atoms. The van der Waals surface area contributed by atoms with Crippen LogP contribution in [0.3, 0.4) is 0 Å². The number of hydrogen-bond acceptors (Lipinski definition) is 0. The molecule has 0 heteroatoms. The van der Waals surface area contributed by atoms with Crippen LogP contribution in [0.2, 0.25) is 0 Å². The summed E-state index contributed by atoms with van der Waals surface area (Å²) in [7, 11) is 0. The highest BCUT2D eigenvalue weighted by molar-refractivity contribution is 6.15. The van der Waals surface area contributed by atoms with Gasteiger partial charge in [0, 0.05) is 0 Å². The molecule has 0 aliphatic heterocycles. The van der Waals surface area contributed by atoms with Gasteiger partial charge < -0.3 is 0 Å². The lowest BCUT2D eigenvalue weighted by Crippen LogP contribution is -1.73. The van der Waals surface area contributed by atoms with Crippen molar-refractivity contribution in [3.63, 3.8) is 0 Å². The smallest absolute Gasteiger partial charge is 0.00264 e. The molecule has 0 spiro atoms. The molecule has 3 aromatic rings. The van der Waals surface area contributed by atoms with Gasteiger partial charge in [-0.3, -0.25) is 0 Å². The minimum Gasteiger partial charge on any atom is -0.0616 e. The fraction of sp³-hybridized carbons (Fsp3) is 0. The normalized spacial score (nSPS) is 11.8. The summed E-state index contributed by atoms with van der Waals surface area (Å²) in [5.74, 6) is 0. The average Bonchev–Trinajstić information content (AvgIpc) is 2.68. The zero-order valence-electron chi connectivity index (χ0n) is 8.77. The topological polar surface area (TPSA) is 0 Å². The van der Waals surface area contributed by atoms with Gasteiger partial charge in [0.15, 0.2) is 0 Å². The van der Waals surface area contributed by atoms with E-state index in [1.165, 1.54) is 33.0 Å². The summed E-state index contributed by atoms with van der Waals surface area (Å²) in [6.07, 6.45) is 0. The third-order valence-corrected chi connectivity index (χ3v) is 3.41. The Morgan fingerprint density at radius 1 is 0.625 bits per heavy atom. The van der Waals surface area contributed by atoms with E-state index in [4.69, 9.17) is 0 Å². The summed E-state index contributed by atoms with van der Waals surface area (Å²) >= 11 is 0. The Kier molecular flexibility index (Phi) is 1.39. The highest BCUT2D eigenvalue weighted by Gasteiger charge is 2.19. The van der Waals surface area contributed by atoms with Crippen LogP contribution in [0.1, 0.15) is 0 Å². The molecule has 0 saturated heterocycles. The molecule has 0 bridgehead atoms. The molecule has 1 aliphatic rings. The SMILES string of the molecule is c1ccc2c(c1)-c1cccc3[14cH]ccc-2c13. The molecule has 0 atom stereocenters. The molecule has 0 fully saturated rings. The Morgan fingerprint density at radius 2 is 1.31 bits per heavy atom. The van der Waals surface area contributed by atoms with E-state index in [0.717, 1.165) is 0 Å². The van der Waals surface area contributed by atoms with Crippen molar-refractivity contribution in [1.29, 1.82) is 0 Å². The van der Waals surface area contributed by atoms with Crippen LogP contribution >= 0.6 is 0 Å². The van der Waals surface area contributed by atoms with E-state index in [0.29, 0.717) is 0 Å². The molecule has 0 amide bonds. The van der Waals surface area contributed by atoms with Gasteiger partial charge in [-0.05, 0) is 33.0 Å². The fourth-order valence-corrected chi connectivity index (χ4v) is 2.74. The quantitative estimate of drug-likeness (QED) is 0.396. The van der Waals surface area contributed by atoms with Crippen LogP contribution in [0.25, 0.3) is 33.0 Å². The molecule has 0 unspecified atom stereocenters. The van der Waals surface area contributed by atoms with Gasteiger partial charge in [0.05, 0.1) is 0 Å². The molecule has 0 heterocycles. The van der Waals surface area contributed by atoms with Crippen LogP contribution in [-0.4, -0.2) is 0 Å². The number of benzene rings is 3. The van der Waals surface area contributed by atoms with Crippen LogP contribution in [-0.2, 0) is 0 Å². The molecular formula is C16H10. The first kappa shape index (κ1) is 8.12. The average molecular weight is 204 g/mol. The maximum atomic E-state index is 2.22. The Bertz CT molecular complexity index is 650. The second-order valence-corrected chi connectivity index (χ2v) is 4.25. The summed E-state index contributed by atoms with van der Waals surface area (Å²) in [6.45, 7) is 0. The summed E-state index contributed by atoms with van der Waals surface area (Å²) in [6, 6.07) is 21.8. The van der Waals surface area contributed by atoms with E-state index in [1.807, 2.05) is 0 Å². The van der Waals surface area contributed by atoms with Crippen LogP contribution < -0.4 is 0 Å². The minimum atomic E-state index is 1.34. The van der Waals surface area contributed by atoms with Gasteiger partial charge in [0.25, 0.3) is 0 Å². The van der Waals surface area contributed by atoms with Crippen LogP contribution in [0.5, 0.6) is 0 Å². The fourth-order valence-electron chi connectivity index (χ4n) is 2.74. The molecule has 0 nitrogen and oxygen atoms in total. The Hall–Kier alpha value is -2.08. The molecule has 1 aliphatic carbocycles. The predicted octanol–water partition coefficient (Wildman–Crippen LogP) is 4.49. The van der Waals surface area contributed by atoms with E-state index in [1.54, 1.807) is 0 Å². The number of fused-ring (bicyclic) bond motifs is 3. The van der Waals surface area contributed by atoms with Gasteiger partial charge >= 0.3 is 0 Å². The van der Waals surface area contributed by atoms with Gasteiger partial charge in [-0.15, -0.1) is 0 Å². The lowest BCUT2D eigenvalue weighted by Gasteiger charge is -2.00. The van der Waals surface area contributed by atoms with Gasteiger partial charge in [-0.2, -0.15) is 0 Å². The molecule has 0 N–H and O–H groups in total. The van der Waals surface area contributed by atoms with Crippen molar-refractivity contribution in [1.82, 2.24) is 0 Å². The first-order valence-electron chi connectivity index (χ1n) is 5.57. The first-order valence-corrected chi connectivity index (χ1v) is 5.57. The third kappa shape index (κ3) is 0.849. The molecule has 3 aromatic carbocycles. The number of hydrogen-bond donors (Lipinski definition) is 0. The van der Waals surface area contributed by atoms with E-state index < -0.39 is 0 Å². The monoisotopic (exact) mass is 204 g/mol. The largest absolute Gasteiger partial charge is 0.0616 e. The summed E-state index contributed by atoms with van der Waals surface area (Å²) in [5.41, 5.74) is 5.50. The highest BCUT2D eigenvalue weighted by atomic mass is 14.6.